The maximum atomic E-state index is 5.31. The van der Waals surface area contributed by atoms with Gasteiger partial charge in [0, 0.05) is 6.42 Å². The molecule has 0 fully saturated rings. The molecule has 0 spiro atoms. The molecule has 0 N–H and O–H groups in total. The second kappa shape index (κ2) is 5.19. The van der Waals surface area contributed by atoms with Crippen molar-refractivity contribution in [1.82, 2.24) is 0 Å². The quantitative estimate of drug-likeness (QED) is 0.675. The molecule has 0 nitrogen and oxygen atoms in total. The van der Waals surface area contributed by atoms with E-state index in [9.17, 15) is 0 Å². The van der Waals surface area contributed by atoms with E-state index in [0.29, 0.717) is 6.42 Å². The highest BCUT2D eigenvalue weighted by molar-refractivity contribution is 5.30. The van der Waals surface area contributed by atoms with E-state index < -0.39 is 0 Å². The third-order valence-electron chi connectivity index (χ3n) is 2.55. The molecule has 0 saturated heterocycles. The van der Waals surface area contributed by atoms with Crippen LogP contribution in [-0.2, 0) is 12.8 Å². The van der Waals surface area contributed by atoms with Gasteiger partial charge in [-0.2, -0.15) is 0 Å². The summed E-state index contributed by atoms with van der Waals surface area (Å²) < 4.78 is 0. The van der Waals surface area contributed by atoms with E-state index in [1.807, 2.05) is 6.07 Å². The summed E-state index contributed by atoms with van der Waals surface area (Å²) in [6, 6.07) is 19.0. The van der Waals surface area contributed by atoms with Gasteiger partial charge in [-0.3, -0.25) is 0 Å². The number of terminal acetylenes is 1. The van der Waals surface area contributed by atoms with Gasteiger partial charge in [0.15, 0.2) is 0 Å². The zero-order chi connectivity index (χ0) is 11.2. The Hall–Kier alpha value is -2.00. The Morgan fingerprint density at radius 2 is 1.50 bits per heavy atom. The van der Waals surface area contributed by atoms with Crippen molar-refractivity contribution < 1.29 is 0 Å². The first-order chi connectivity index (χ1) is 7.88. The molecule has 78 valence electrons. The highest BCUT2D eigenvalue weighted by Gasteiger charge is 1.97. The monoisotopic (exact) mass is 206 g/mol. The maximum absolute atomic E-state index is 5.31. The van der Waals surface area contributed by atoms with Gasteiger partial charge in [0.1, 0.15) is 0 Å². The molecule has 0 amide bonds. The van der Waals surface area contributed by atoms with Gasteiger partial charge in [-0.25, -0.2) is 0 Å². The molecule has 0 heterocycles. The Bertz CT molecular complexity index is 489. The summed E-state index contributed by atoms with van der Waals surface area (Å²) in [7, 11) is 0. The lowest BCUT2D eigenvalue weighted by Crippen LogP contribution is -1.89. The Morgan fingerprint density at radius 3 is 2.25 bits per heavy atom. The molecule has 0 aliphatic rings. The fraction of sp³-hybridized carbons (Fsp3) is 0.125. The summed E-state index contributed by atoms with van der Waals surface area (Å²) in [5, 5.41) is 0. The lowest BCUT2D eigenvalue weighted by molar-refractivity contribution is 1.17. The Balaban J connectivity index is 2.16. The normalized spacial score (nSPS) is 9.69. The van der Waals surface area contributed by atoms with Crippen LogP contribution in [0.4, 0.5) is 0 Å². The summed E-state index contributed by atoms with van der Waals surface area (Å²) in [6.45, 7) is 0. The van der Waals surface area contributed by atoms with E-state index >= 15 is 0 Å². The average molecular weight is 206 g/mol. The molecule has 0 bridgehead atoms. The number of hydrogen-bond acceptors (Lipinski definition) is 0. The molecule has 0 aliphatic heterocycles. The Labute approximate surface area is 96.9 Å². The first-order valence-electron chi connectivity index (χ1n) is 5.43. The third kappa shape index (κ3) is 2.74. The molecular weight excluding hydrogens is 192 g/mol. The van der Waals surface area contributed by atoms with Gasteiger partial charge < -0.3 is 0 Å². The minimum absolute atomic E-state index is 0.711. The summed E-state index contributed by atoms with van der Waals surface area (Å²) in [5.74, 6) is 2.68. The van der Waals surface area contributed by atoms with Gasteiger partial charge in [0.2, 0.25) is 0 Å². The van der Waals surface area contributed by atoms with Crippen molar-refractivity contribution in [3.8, 4) is 12.3 Å². The lowest BCUT2D eigenvalue weighted by atomic mass is 10.0. The van der Waals surface area contributed by atoms with Crippen molar-refractivity contribution in [2.75, 3.05) is 0 Å². The molecule has 0 unspecified atom stereocenters. The molecule has 0 radical (unpaired) electrons. The predicted octanol–water partition coefficient (Wildman–Crippen LogP) is 3.45. The van der Waals surface area contributed by atoms with Gasteiger partial charge in [-0.05, 0) is 23.1 Å². The van der Waals surface area contributed by atoms with Gasteiger partial charge in [0.25, 0.3) is 0 Å². The van der Waals surface area contributed by atoms with Crippen molar-refractivity contribution in [2.24, 2.45) is 0 Å². The van der Waals surface area contributed by atoms with Crippen molar-refractivity contribution in [3.05, 3.63) is 71.3 Å². The standard InChI is InChI=1S/C16H14/c1-2-7-14-10-6-11-16(12-14)13-15-8-4-3-5-9-15/h1,3-6,8-12H,7,13H2. The van der Waals surface area contributed by atoms with Crippen LogP contribution in [-0.4, -0.2) is 0 Å². The fourth-order valence-electron chi connectivity index (χ4n) is 1.80. The SMILES string of the molecule is C#CCc1cccc(Cc2ccccc2)c1. The van der Waals surface area contributed by atoms with Crippen LogP contribution in [0.3, 0.4) is 0 Å². The number of benzene rings is 2. The Morgan fingerprint density at radius 1 is 0.812 bits per heavy atom. The van der Waals surface area contributed by atoms with Crippen molar-refractivity contribution in [3.63, 3.8) is 0 Å². The summed E-state index contributed by atoms with van der Waals surface area (Å²) in [4.78, 5) is 0. The van der Waals surface area contributed by atoms with Crippen LogP contribution in [0.15, 0.2) is 54.6 Å². The second-order valence-corrected chi connectivity index (χ2v) is 3.86. The summed E-state index contributed by atoms with van der Waals surface area (Å²) >= 11 is 0. The lowest BCUT2D eigenvalue weighted by Gasteiger charge is -2.03. The van der Waals surface area contributed by atoms with E-state index in [1.165, 1.54) is 16.7 Å². The van der Waals surface area contributed by atoms with Crippen LogP contribution in [0.5, 0.6) is 0 Å². The number of hydrogen-bond donors (Lipinski definition) is 0. The zero-order valence-electron chi connectivity index (χ0n) is 9.19. The van der Waals surface area contributed by atoms with Crippen LogP contribution in [0.2, 0.25) is 0 Å². The molecule has 2 aromatic carbocycles. The molecule has 0 heteroatoms. The van der Waals surface area contributed by atoms with Crippen LogP contribution in [0.25, 0.3) is 0 Å². The minimum Gasteiger partial charge on any atom is -0.120 e. The van der Waals surface area contributed by atoms with Crippen molar-refractivity contribution >= 4 is 0 Å². The van der Waals surface area contributed by atoms with Gasteiger partial charge >= 0.3 is 0 Å². The van der Waals surface area contributed by atoms with Gasteiger partial charge in [-0.1, -0.05) is 54.6 Å². The van der Waals surface area contributed by atoms with Gasteiger partial charge in [0.05, 0.1) is 0 Å². The second-order valence-electron chi connectivity index (χ2n) is 3.86. The maximum Gasteiger partial charge on any atom is 0.0337 e. The Kier molecular flexibility index (Phi) is 3.41. The van der Waals surface area contributed by atoms with E-state index in [2.05, 4.69) is 54.5 Å². The minimum atomic E-state index is 0.711. The summed E-state index contributed by atoms with van der Waals surface area (Å²) in [6.07, 6.45) is 7.00. The molecule has 0 aliphatic carbocycles. The largest absolute Gasteiger partial charge is 0.120 e. The molecule has 0 aromatic heterocycles. The zero-order valence-corrected chi connectivity index (χ0v) is 9.19. The van der Waals surface area contributed by atoms with Crippen LogP contribution >= 0.6 is 0 Å². The molecular formula is C16H14. The average Bonchev–Trinajstić information content (AvgIpc) is 2.31. The van der Waals surface area contributed by atoms with Gasteiger partial charge in [-0.15, -0.1) is 12.3 Å². The smallest absolute Gasteiger partial charge is 0.0337 e. The van der Waals surface area contributed by atoms with Crippen LogP contribution in [0, 0.1) is 12.3 Å². The van der Waals surface area contributed by atoms with Crippen molar-refractivity contribution in [2.45, 2.75) is 12.8 Å². The molecule has 2 aromatic rings. The molecule has 0 saturated carbocycles. The van der Waals surface area contributed by atoms with Crippen LogP contribution in [0.1, 0.15) is 16.7 Å². The third-order valence-corrected chi connectivity index (χ3v) is 2.55. The predicted molar refractivity (Wildman–Crippen MR) is 68.2 cm³/mol. The fourth-order valence-corrected chi connectivity index (χ4v) is 1.80. The van der Waals surface area contributed by atoms with Crippen molar-refractivity contribution in [1.29, 1.82) is 0 Å². The van der Waals surface area contributed by atoms with E-state index in [4.69, 9.17) is 6.42 Å². The highest BCUT2D eigenvalue weighted by atomic mass is 14.0. The molecule has 2 rings (SSSR count). The molecule has 16 heavy (non-hydrogen) atoms. The summed E-state index contributed by atoms with van der Waals surface area (Å²) in [5.41, 5.74) is 3.87. The van der Waals surface area contributed by atoms with E-state index in [-0.39, 0.29) is 0 Å². The molecule has 0 atom stereocenters. The van der Waals surface area contributed by atoms with E-state index in [1.54, 1.807) is 0 Å². The highest BCUT2D eigenvalue weighted by Crippen LogP contribution is 2.11. The topological polar surface area (TPSA) is 0 Å². The van der Waals surface area contributed by atoms with Crippen LogP contribution < -0.4 is 0 Å². The number of rotatable bonds is 3. The first kappa shape index (κ1) is 10.5. The first-order valence-corrected chi connectivity index (χ1v) is 5.43. The van der Waals surface area contributed by atoms with E-state index in [0.717, 1.165) is 6.42 Å².